The van der Waals surface area contributed by atoms with Gasteiger partial charge in [-0.3, -0.25) is 0 Å². The van der Waals surface area contributed by atoms with Crippen LogP contribution in [-0.2, 0) is 6.42 Å². The van der Waals surface area contributed by atoms with Crippen LogP contribution in [0.25, 0.3) is 10.9 Å². The number of benzene rings is 1. The van der Waals surface area contributed by atoms with Gasteiger partial charge in [0.2, 0.25) is 6.79 Å². The first-order valence-electron chi connectivity index (χ1n) is 6.87. The van der Waals surface area contributed by atoms with Crippen LogP contribution in [0.15, 0.2) is 18.3 Å². The lowest BCUT2D eigenvalue weighted by Crippen LogP contribution is -2.23. The van der Waals surface area contributed by atoms with Crippen molar-refractivity contribution in [3.63, 3.8) is 0 Å². The van der Waals surface area contributed by atoms with Gasteiger partial charge in [0.25, 0.3) is 0 Å². The number of fused-ring (bicyclic) bond motifs is 2. The molecule has 1 aliphatic heterocycles. The maximum absolute atomic E-state index is 5.44. The van der Waals surface area contributed by atoms with E-state index < -0.39 is 0 Å². The summed E-state index contributed by atoms with van der Waals surface area (Å²) in [6, 6.07) is 4.66. The Bertz CT molecular complexity index is 575. The molecule has 0 bridgehead atoms. The van der Waals surface area contributed by atoms with Gasteiger partial charge in [-0.2, -0.15) is 0 Å². The van der Waals surface area contributed by atoms with Crippen LogP contribution >= 0.6 is 0 Å². The number of ether oxygens (including phenoxy) is 2. The fourth-order valence-corrected chi connectivity index (χ4v) is 2.45. The molecule has 0 spiro atoms. The van der Waals surface area contributed by atoms with E-state index >= 15 is 0 Å². The van der Waals surface area contributed by atoms with Crippen LogP contribution in [0.5, 0.6) is 11.5 Å². The Labute approximate surface area is 113 Å². The van der Waals surface area contributed by atoms with Crippen molar-refractivity contribution >= 4 is 10.9 Å². The Balaban J connectivity index is 1.73. The number of hydrogen-bond acceptors (Lipinski definition) is 3. The molecule has 2 heterocycles. The first kappa shape index (κ1) is 12.4. The fourth-order valence-electron chi connectivity index (χ4n) is 2.45. The number of aromatic amines is 1. The highest BCUT2D eigenvalue weighted by Crippen LogP contribution is 2.37. The molecule has 3 rings (SSSR count). The highest BCUT2D eigenvalue weighted by Gasteiger charge is 2.16. The van der Waals surface area contributed by atoms with E-state index in [0.717, 1.165) is 36.4 Å². The first-order valence-corrected chi connectivity index (χ1v) is 6.87. The summed E-state index contributed by atoms with van der Waals surface area (Å²) in [4.78, 5) is 3.31. The van der Waals surface area contributed by atoms with E-state index in [1.165, 1.54) is 10.9 Å². The Kier molecular flexibility index (Phi) is 3.34. The molecule has 0 unspecified atom stereocenters. The van der Waals surface area contributed by atoms with Gasteiger partial charge in [0, 0.05) is 29.2 Å². The molecule has 0 radical (unpaired) electrons. The maximum Gasteiger partial charge on any atom is 0.231 e. The van der Waals surface area contributed by atoms with E-state index in [1.54, 1.807) is 0 Å². The molecular weight excluding hydrogens is 240 g/mol. The lowest BCUT2D eigenvalue weighted by atomic mass is 10.1. The Morgan fingerprint density at radius 1 is 1.26 bits per heavy atom. The summed E-state index contributed by atoms with van der Waals surface area (Å²) in [6.07, 6.45) is 4.30. The number of rotatable bonds is 5. The van der Waals surface area contributed by atoms with E-state index in [9.17, 15) is 0 Å². The van der Waals surface area contributed by atoms with Crippen molar-refractivity contribution in [3.8, 4) is 11.5 Å². The van der Waals surface area contributed by atoms with Crippen LogP contribution in [-0.4, -0.2) is 24.4 Å². The molecule has 0 amide bonds. The Morgan fingerprint density at radius 3 is 2.84 bits per heavy atom. The molecule has 4 heteroatoms. The van der Waals surface area contributed by atoms with Crippen molar-refractivity contribution in [3.05, 3.63) is 23.9 Å². The second kappa shape index (κ2) is 5.13. The average molecular weight is 260 g/mol. The van der Waals surface area contributed by atoms with Crippen molar-refractivity contribution < 1.29 is 9.47 Å². The zero-order chi connectivity index (χ0) is 13.2. The largest absolute Gasteiger partial charge is 0.454 e. The Hall–Kier alpha value is -1.68. The molecule has 1 aromatic heterocycles. The van der Waals surface area contributed by atoms with E-state index in [4.69, 9.17) is 9.47 Å². The van der Waals surface area contributed by atoms with Crippen LogP contribution in [0, 0.1) is 0 Å². The molecular formula is C15H20N2O2. The molecule has 1 aromatic carbocycles. The van der Waals surface area contributed by atoms with E-state index in [2.05, 4.69) is 36.4 Å². The molecule has 2 aromatic rings. The predicted octanol–water partition coefficient (Wildman–Crippen LogP) is 2.83. The summed E-state index contributed by atoms with van der Waals surface area (Å²) in [5.74, 6) is 1.69. The van der Waals surface area contributed by atoms with Gasteiger partial charge >= 0.3 is 0 Å². The smallest absolute Gasteiger partial charge is 0.231 e. The molecule has 0 atom stereocenters. The molecule has 1 aliphatic rings. The quantitative estimate of drug-likeness (QED) is 0.813. The van der Waals surface area contributed by atoms with Gasteiger partial charge < -0.3 is 19.8 Å². The lowest BCUT2D eigenvalue weighted by Gasteiger charge is -2.07. The normalized spacial score (nSPS) is 13.6. The van der Waals surface area contributed by atoms with Crippen LogP contribution in [0.4, 0.5) is 0 Å². The molecule has 0 saturated carbocycles. The van der Waals surface area contributed by atoms with Crippen molar-refractivity contribution in [2.45, 2.75) is 32.7 Å². The topological polar surface area (TPSA) is 46.3 Å². The molecule has 0 saturated heterocycles. The van der Waals surface area contributed by atoms with E-state index in [1.807, 2.05) is 6.07 Å². The summed E-state index contributed by atoms with van der Waals surface area (Å²) in [5.41, 5.74) is 2.47. The van der Waals surface area contributed by atoms with Crippen LogP contribution in [0.1, 0.15) is 25.8 Å². The third-order valence-corrected chi connectivity index (χ3v) is 3.44. The highest BCUT2D eigenvalue weighted by atomic mass is 16.7. The number of nitrogens with one attached hydrogen (secondary N) is 2. The average Bonchev–Trinajstić information content (AvgIpc) is 2.98. The first-order chi connectivity index (χ1) is 9.24. The SMILES string of the molecule is CC(C)NCCCc1c[nH]c2cc3c(cc12)OCO3. The van der Waals surface area contributed by atoms with Crippen molar-refractivity contribution in [1.29, 1.82) is 0 Å². The van der Waals surface area contributed by atoms with Gasteiger partial charge in [-0.15, -0.1) is 0 Å². The second-order valence-electron chi connectivity index (χ2n) is 5.28. The number of aromatic nitrogens is 1. The summed E-state index contributed by atoms with van der Waals surface area (Å²) in [7, 11) is 0. The third-order valence-electron chi connectivity index (χ3n) is 3.44. The zero-order valence-corrected chi connectivity index (χ0v) is 11.5. The molecule has 0 fully saturated rings. The summed E-state index contributed by atoms with van der Waals surface area (Å²) in [6.45, 7) is 5.73. The molecule has 0 aliphatic carbocycles. The molecule has 19 heavy (non-hydrogen) atoms. The zero-order valence-electron chi connectivity index (χ0n) is 11.5. The van der Waals surface area contributed by atoms with Gasteiger partial charge in [-0.25, -0.2) is 0 Å². The van der Waals surface area contributed by atoms with Gasteiger partial charge in [0.1, 0.15) is 0 Å². The molecule has 102 valence electrons. The second-order valence-corrected chi connectivity index (χ2v) is 5.28. The van der Waals surface area contributed by atoms with E-state index in [-0.39, 0.29) is 0 Å². The van der Waals surface area contributed by atoms with Gasteiger partial charge in [-0.05, 0) is 31.0 Å². The van der Waals surface area contributed by atoms with Gasteiger partial charge in [0.05, 0.1) is 0 Å². The molecule has 4 nitrogen and oxygen atoms in total. The minimum atomic E-state index is 0.329. The van der Waals surface area contributed by atoms with Gasteiger partial charge in [-0.1, -0.05) is 13.8 Å². The van der Waals surface area contributed by atoms with E-state index in [0.29, 0.717) is 12.8 Å². The summed E-state index contributed by atoms with van der Waals surface area (Å²) in [5, 5.41) is 4.69. The minimum absolute atomic E-state index is 0.329. The third kappa shape index (κ3) is 2.54. The predicted molar refractivity (Wildman–Crippen MR) is 75.9 cm³/mol. The van der Waals surface area contributed by atoms with Gasteiger partial charge in [0.15, 0.2) is 11.5 Å². The number of hydrogen-bond donors (Lipinski definition) is 2. The highest BCUT2D eigenvalue weighted by molar-refractivity contribution is 5.86. The standard InChI is InChI=1S/C15H20N2O2/c1-10(2)16-5-3-4-11-8-17-13-7-15-14(6-12(11)13)18-9-19-15/h6-8,10,16-17H,3-5,9H2,1-2H3. The number of aryl methyl sites for hydroxylation is 1. The van der Waals surface area contributed by atoms with Crippen LogP contribution < -0.4 is 14.8 Å². The minimum Gasteiger partial charge on any atom is -0.454 e. The van der Waals surface area contributed by atoms with Crippen LogP contribution in [0.2, 0.25) is 0 Å². The monoisotopic (exact) mass is 260 g/mol. The summed E-state index contributed by atoms with van der Waals surface area (Å²) < 4.78 is 10.8. The van der Waals surface area contributed by atoms with Crippen LogP contribution in [0.3, 0.4) is 0 Å². The Morgan fingerprint density at radius 2 is 2.05 bits per heavy atom. The number of H-pyrrole nitrogens is 1. The van der Waals surface area contributed by atoms with Crippen molar-refractivity contribution in [2.24, 2.45) is 0 Å². The summed E-state index contributed by atoms with van der Waals surface area (Å²) >= 11 is 0. The van der Waals surface area contributed by atoms with Crippen molar-refractivity contribution in [1.82, 2.24) is 10.3 Å². The fraction of sp³-hybridized carbons (Fsp3) is 0.467. The van der Waals surface area contributed by atoms with Crippen molar-refractivity contribution in [2.75, 3.05) is 13.3 Å². The molecule has 2 N–H and O–H groups in total. The maximum atomic E-state index is 5.44. The lowest BCUT2D eigenvalue weighted by molar-refractivity contribution is 0.174.